The maximum absolute atomic E-state index is 13.5. The Morgan fingerprint density at radius 3 is 2.96 bits per heavy atom. The number of likely N-dealkylation sites (N-methyl/N-ethyl adjacent to an activating group) is 1. The van der Waals surface area contributed by atoms with Crippen molar-refractivity contribution in [1.29, 1.82) is 0 Å². The number of carbonyl (C=O) groups is 2. The van der Waals surface area contributed by atoms with Crippen LogP contribution in [0.15, 0.2) is 24.3 Å². The Balaban J connectivity index is 1.29. The molecule has 0 bridgehead atoms. The number of para-hydroxylation sites is 1. The van der Waals surface area contributed by atoms with Gasteiger partial charge in [0.1, 0.15) is 6.61 Å². The van der Waals surface area contributed by atoms with Crippen molar-refractivity contribution in [2.75, 3.05) is 26.0 Å². The van der Waals surface area contributed by atoms with Crippen molar-refractivity contribution in [3.05, 3.63) is 30.1 Å². The van der Waals surface area contributed by atoms with E-state index in [0.29, 0.717) is 18.2 Å². The third-order valence-electron chi connectivity index (χ3n) is 5.01. The lowest BCUT2D eigenvalue weighted by Gasteiger charge is -2.19. The van der Waals surface area contributed by atoms with Crippen molar-refractivity contribution >= 4 is 23.7 Å². The fourth-order valence-electron chi connectivity index (χ4n) is 3.43. The van der Waals surface area contributed by atoms with Gasteiger partial charge in [-0.2, -0.15) is 11.8 Å². The summed E-state index contributed by atoms with van der Waals surface area (Å²) < 4.78 is 18.9. The molecule has 8 heteroatoms. The second-order valence-corrected chi connectivity index (χ2v) is 8.23. The minimum atomic E-state index is -0.396. The zero-order chi connectivity index (χ0) is 19.2. The van der Waals surface area contributed by atoms with Crippen molar-refractivity contribution in [1.82, 2.24) is 15.5 Å². The minimum Gasteiger partial charge on any atom is -0.489 e. The molecule has 148 valence electrons. The van der Waals surface area contributed by atoms with Crippen LogP contribution in [0, 0.1) is 5.82 Å². The topological polar surface area (TPSA) is 70.7 Å². The maximum atomic E-state index is 13.5. The summed E-state index contributed by atoms with van der Waals surface area (Å²) in [5.41, 5.74) is 0. The number of nitrogens with zero attached hydrogens (tertiary/aromatic N) is 1. The van der Waals surface area contributed by atoms with E-state index < -0.39 is 5.82 Å². The number of fused-ring (bicyclic) bond motifs is 1. The van der Waals surface area contributed by atoms with E-state index in [2.05, 4.69) is 10.6 Å². The van der Waals surface area contributed by atoms with E-state index >= 15 is 0 Å². The Morgan fingerprint density at radius 1 is 1.33 bits per heavy atom. The average Bonchev–Trinajstić information content (AvgIpc) is 3.19. The molecular weight excluding hydrogens is 369 g/mol. The number of hydrogen-bond acceptors (Lipinski definition) is 4. The fourth-order valence-corrected chi connectivity index (χ4v) is 4.98. The Bertz CT molecular complexity index is 675. The molecule has 6 nitrogen and oxygen atoms in total. The summed E-state index contributed by atoms with van der Waals surface area (Å²) in [6.07, 6.45) is 3.28. The van der Waals surface area contributed by atoms with Gasteiger partial charge in [-0.15, -0.1) is 0 Å². The lowest BCUT2D eigenvalue weighted by molar-refractivity contribution is -0.130. The smallest absolute Gasteiger partial charge is 0.315 e. The van der Waals surface area contributed by atoms with E-state index in [4.69, 9.17) is 4.74 Å². The van der Waals surface area contributed by atoms with Crippen LogP contribution in [0.2, 0.25) is 0 Å². The van der Waals surface area contributed by atoms with Crippen LogP contribution in [0.3, 0.4) is 0 Å². The number of halogens is 1. The molecule has 3 amide bonds. The van der Waals surface area contributed by atoms with Crippen LogP contribution in [0.25, 0.3) is 0 Å². The first-order valence-corrected chi connectivity index (χ1v) is 10.4. The van der Waals surface area contributed by atoms with Gasteiger partial charge in [0.05, 0.1) is 18.6 Å². The molecule has 0 spiro atoms. The predicted molar refractivity (Wildman–Crippen MR) is 103 cm³/mol. The number of thioether (sulfide) groups is 1. The number of hydrogen-bond donors (Lipinski definition) is 2. The van der Waals surface area contributed by atoms with E-state index in [1.807, 2.05) is 11.8 Å². The molecule has 0 aromatic heterocycles. The molecule has 2 aliphatic rings. The molecule has 2 fully saturated rings. The van der Waals surface area contributed by atoms with E-state index in [0.717, 1.165) is 25.0 Å². The summed E-state index contributed by atoms with van der Waals surface area (Å²) >= 11 is 1.89. The van der Waals surface area contributed by atoms with E-state index in [-0.39, 0.29) is 36.4 Å². The molecule has 0 unspecified atom stereocenters. The van der Waals surface area contributed by atoms with Crippen molar-refractivity contribution in [2.45, 2.75) is 43.0 Å². The monoisotopic (exact) mass is 395 g/mol. The molecule has 0 saturated carbocycles. The molecule has 27 heavy (non-hydrogen) atoms. The van der Waals surface area contributed by atoms with Gasteiger partial charge in [-0.05, 0) is 25.0 Å². The van der Waals surface area contributed by atoms with Crippen molar-refractivity contribution < 1.29 is 18.7 Å². The lowest BCUT2D eigenvalue weighted by Crippen LogP contribution is -2.36. The van der Waals surface area contributed by atoms with E-state index in [1.54, 1.807) is 30.1 Å². The zero-order valence-corrected chi connectivity index (χ0v) is 16.3. The highest BCUT2D eigenvalue weighted by Crippen LogP contribution is 2.33. The highest BCUT2D eigenvalue weighted by Gasteiger charge is 2.42. The Labute approximate surface area is 163 Å². The standard InChI is InChI=1S/C19H26FN3O3S/c1-23(10-11-26-15-7-3-2-6-13(15)20)17(24)9-5-4-8-16-18-14(12-27-16)21-19(25)22-18/h2-3,6-7,14,16,18H,4-5,8-12H2,1H3,(H2,21,22,25)/t14-,16+,18+/m1/s1. The van der Waals surface area contributed by atoms with Gasteiger partial charge in [0.15, 0.2) is 11.6 Å². The number of amides is 3. The summed E-state index contributed by atoms with van der Waals surface area (Å²) in [5.74, 6) is 0.837. The number of benzene rings is 1. The molecular formula is C19H26FN3O3S. The molecule has 2 aliphatic heterocycles. The molecule has 2 N–H and O–H groups in total. The lowest BCUT2D eigenvalue weighted by atomic mass is 10.0. The SMILES string of the molecule is CN(CCOc1ccccc1F)C(=O)CCCC[C@@H]1SC[C@H]2NC(=O)N[C@H]12. The van der Waals surface area contributed by atoms with Gasteiger partial charge < -0.3 is 20.3 Å². The highest BCUT2D eigenvalue weighted by molar-refractivity contribution is 8.00. The fraction of sp³-hybridized carbons (Fsp3) is 0.579. The van der Waals surface area contributed by atoms with Gasteiger partial charge in [-0.1, -0.05) is 18.6 Å². The molecule has 3 atom stereocenters. The normalized spacial score (nSPS) is 23.5. The maximum Gasteiger partial charge on any atom is 0.315 e. The minimum absolute atomic E-state index is 0.0651. The van der Waals surface area contributed by atoms with Crippen LogP contribution < -0.4 is 15.4 Å². The summed E-state index contributed by atoms with van der Waals surface area (Å²) in [6.45, 7) is 0.685. The Hall–Kier alpha value is -1.96. The van der Waals surface area contributed by atoms with Crippen LogP contribution in [-0.4, -0.2) is 60.1 Å². The number of ether oxygens (including phenoxy) is 1. The first kappa shape index (κ1) is 19.8. The largest absolute Gasteiger partial charge is 0.489 e. The van der Waals surface area contributed by atoms with Gasteiger partial charge in [-0.25, -0.2) is 9.18 Å². The van der Waals surface area contributed by atoms with Gasteiger partial charge in [-0.3, -0.25) is 4.79 Å². The third kappa shape index (κ3) is 5.28. The number of carbonyl (C=O) groups excluding carboxylic acids is 2. The number of nitrogens with one attached hydrogen (secondary N) is 2. The van der Waals surface area contributed by atoms with Crippen LogP contribution in [0.1, 0.15) is 25.7 Å². The first-order valence-electron chi connectivity index (χ1n) is 9.34. The Morgan fingerprint density at radius 2 is 2.15 bits per heavy atom. The summed E-state index contributed by atoms with van der Waals surface area (Å²) in [7, 11) is 1.74. The van der Waals surface area contributed by atoms with Crippen LogP contribution in [-0.2, 0) is 4.79 Å². The first-order chi connectivity index (χ1) is 13.0. The molecule has 2 heterocycles. The molecule has 0 aliphatic carbocycles. The average molecular weight is 396 g/mol. The molecule has 2 saturated heterocycles. The summed E-state index contributed by atoms with van der Waals surface area (Å²) in [5, 5.41) is 6.35. The van der Waals surface area contributed by atoms with Crippen molar-refractivity contribution in [3.8, 4) is 5.75 Å². The van der Waals surface area contributed by atoms with Gasteiger partial charge in [0.2, 0.25) is 5.91 Å². The number of urea groups is 1. The highest BCUT2D eigenvalue weighted by atomic mass is 32.2. The Kier molecular flexibility index (Phi) is 6.82. The number of rotatable bonds is 9. The van der Waals surface area contributed by atoms with Crippen LogP contribution >= 0.6 is 11.8 Å². The van der Waals surface area contributed by atoms with Crippen LogP contribution in [0.4, 0.5) is 9.18 Å². The zero-order valence-electron chi connectivity index (χ0n) is 15.4. The van der Waals surface area contributed by atoms with E-state index in [1.165, 1.54) is 6.07 Å². The molecule has 1 aromatic carbocycles. The van der Waals surface area contributed by atoms with Crippen molar-refractivity contribution in [2.24, 2.45) is 0 Å². The van der Waals surface area contributed by atoms with Gasteiger partial charge >= 0.3 is 6.03 Å². The van der Waals surface area contributed by atoms with Crippen LogP contribution in [0.5, 0.6) is 5.75 Å². The number of unbranched alkanes of at least 4 members (excludes halogenated alkanes) is 1. The predicted octanol–water partition coefficient (Wildman–Crippen LogP) is 2.39. The summed E-state index contributed by atoms with van der Waals surface area (Å²) in [6, 6.07) is 6.65. The molecule has 0 radical (unpaired) electrons. The molecule has 3 rings (SSSR count). The quantitative estimate of drug-likeness (QED) is 0.498. The summed E-state index contributed by atoms with van der Waals surface area (Å²) in [4.78, 5) is 25.2. The van der Waals surface area contributed by atoms with Crippen molar-refractivity contribution in [3.63, 3.8) is 0 Å². The van der Waals surface area contributed by atoms with E-state index in [9.17, 15) is 14.0 Å². The second kappa shape index (κ2) is 9.30. The molecule has 1 aromatic rings. The van der Waals surface area contributed by atoms with Gasteiger partial charge in [0, 0.05) is 24.5 Å². The van der Waals surface area contributed by atoms with Gasteiger partial charge in [0.25, 0.3) is 0 Å². The third-order valence-corrected chi connectivity index (χ3v) is 6.52. The second-order valence-electron chi connectivity index (χ2n) is 6.96.